The average molecular weight is 306 g/mol. The summed E-state index contributed by atoms with van der Waals surface area (Å²) in [5.41, 5.74) is 8.09. The first-order valence-corrected chi connectivity index (χ1v) is 7.25. The molecule has 2 rings (SSSR count). The van der Waals surface area contributed by atoms with Crippen molar-refractivity contribution in [2.75, 3.05) is 0 Å². The minimum absolute atomic E-state index is 0.104. The Morgan fingerprint density at radius 3 is 2.30 bits per heavy atom. The maximum Gasteiger partial charge on any atom is 0.391 e. The van der Waals surface area contributed by atoms with Gasteiger partial charge in [0.15, 0.2) is 0 Å². The van der Waals surface area contributed by atoms with Crippen molar-refractivity contribution in [3.05, 3.63) is 34.3 Å². The topological polar surface area (TPSA) is 26.0 Å². The first-order chi connectivity index (χ1) is 9.29. The molecule has 0 heterocycles. The summed E-state index contributed by atoms with van der Waals surface area (Å²) in [5.74, 6) is -1.06. The molecule has 1 aromatic rings. The number of halogens is 4. The Morgan fingerprint density at radius 2 is 1.80 bits per heavy atom. The predicted molar refractivity (Wildman–Crippen MR) is 74.6 cm³/mol. The van der Waals surface area contributed by atoms with Crippen LogP contribution in [0.2, 0.25) is 5.02 Å². The van der Waals surface area contributed by atoms with Gasteiger partial charge in [-0.2, -0.15) is 13.2 Å². The van der Waals surface area contributed by atoms with E-state index in [1.807, 2.05) is 25.1 Å². The molecule has 1 saturated carbocycles. The zero-order valence-corrected chi connectivity index (χ0v) is 12.1. The second-order valence-corrected chi connectivity index (χ2v) is 6.09. The Balaban J connectivity index is 2.01. The smallest absolute Gasteiger partial charge is 0.324 e. The summed E-state index contributed by atoms with van der Waals surface area (Å²) in [6.07, 6.45) is -2.65. The molecule has 0 aromatic heterocycles. The fraction of sp³-hybridized carbons (Fsp3) is 0.600. The molecule has 112 valence electrons. The van der Waals surface area contributed by atoms with Crippen LogP contribution in [0.5, 0.6) is 0 Å². The number of hydrogen-bond acceptors (Lipinski definition) is 1. The quantitative estimate of drug-likeness (QED) is 0.816. The molecule has 20 heavy (non-hydrogen) atoms. The third-order valence-corrected chi connectivity index (χ3v) is 4.73. The van der Waals surface area contributed by atoms with Crippen LogP contribution in [0.15, 0.2) is 18.2 Å². The van der Waals surface area contributed by atoms with Gasteiger partial charge in [0.2, 0.25) is 0 Å². The zero-order valence-electron chi connectivity index (χ0n) is 11.4. The molecule has 0 saturated heterocycles. The first-order valence-electron chi connectivity index (χ1n) is 6.87. The predicted octanol–water partition coefficient (Wildman–Crippen LogP) is 5.02. The van der Waals surface area contributed by atoms with Crippen molar-refractivity contribution in [3.63, 3.8) is 0 Å². The lowest BCUT2D eigenvalue weighted by atomic mass is 9.77. The van der Waals surface area contributed by atoms with E-state index in [0.29, 0.717) is 17.9 Å². The highest BCUT2D eigenvalue weighted by Gasteiger charge is 2.42. The summed E-state index contributed by atoms with van der Waals surface area (Å²) in [7, 11) is 0. The van der Waals surface area contributed by atoms with Crippen molar-refractivity contribution in [1.29, 1.82) is 0 Å². The van der Waals surface area contributed by atoms with Crippen LogP contribution in [-0.2, 0) is 0 Å². The molecule has 0 bridgehead atoms. The Hall–Kier alpha value is -0.740. The first kappa shape index (κ1) is 15.6. The van der Waals surface area contributed by atoms with Crippen LogP contribution in [0.1, 0.15) is 42.9 Å². The maximum atomic E-state index is 12.6. The van der Waals surface area contributed by atoms with Crippen LogP contribution in [0.3, 0.4) is 0 Å². The molecular weight excluding hydrogens is 287 g/mol. The van der Waals surface area contributed by atoms with Crippen molar-refractivity contribution in [1.82, 2.24) is 0 Å². The Kier molecular flexibility index (Phi) is 4.65. The molecule has 5 heteroatoms. The van der Waals surface area contributed by atoms with Gasteiger partial charge in [-0.1, -0.05) is 23.7 Å². The second-order valence-electron chi connectivity index (χ2n) is 5.69. The number of benzene rings is 1. The van der Waals surface area contributed by atoms with E-state index < -0.39 is 12.1 Å². The van der Waals surface area contributed by atoms with Gasteiger partial charge in [-0.25, -0.2) is 0 Å². The van der Waals surface area contributed by atoms with Gasteiger partial charge in [-0.15, -0.1) is 0 Å². The largest absolute Gasteiger partial charge is 0.391 e. The van der Waals surface area contributed by atoms with Gasteiger partial charge < -0.3 is 5.73 Å². The van der Waals surface area contributed by atoms with Gasteiger partial charge in [0, 0.05) is 11.1 Å². The third kappa shape index (κ3) is 3.47. The summed E-state index contributed by atoms with van der Waals surface area (Å²) in [4.78, 5) is 0. The molecule has 1 fully saturated rings. The highest BCUT2D eigenvalue weighted by molar-refractivity contribution is 6.31. The molecule has 2 N–H and O–H groups in total. The SMILES string of the molecule is Cc1ccc(C(N)C2CCC(C(F)(F)F)CC2)cc1Cl. The van der Waals surface area contributed by atoms with Crippen molar-refractivity contribution in [2.45, 2.75) is 44.8 Å². The van der Waals surface area contributed by atoms with Crippen LogP contribution in [-0.4, -0.2) is 6.18 Å². The summed E-state index contributed by atoms with van der Waals surface area (Å²) in [6.45, 7) is 1.91. The van der Waals surface area contributed by atoms with Crippen molar-refractivity contribution >= 4 is 11.6 Å². The van der Waals surface area contributed by atoms with Gasteiger partial charge in [-0.05, 0) is 55.7 Å². The number of hydrogen-bond donors (Lipinski definition) is 1. The molecule has 1 aliphatic rings. The van der Waals surface area contributed by atoms with Gasteiger partial charge in [-0.3, -0.25) is 0 Å². The molecule has 1 aliphatic carbocycles. The molecular formula is C15H19ClF3N. The van der Waals surface area contributed by atoms with Gasteiger partial charge in [0.05, 0.1) is 5.92 Å². The summed E-state index contributed by atoms with van der Waals surface area (Å²) >= 11 is 6.08. The molecule has 1 nitrogen and oxygen atoms in total. The second kappa shape index (κ2) is 5.94. The minimum atomic E-state index is -4.07. The van der Waals surface area contributed by atoms with E-state index in [0.717, 1.165) is 11.1 Å². The lowest BCUT2D eigenvalue weighted by molar-refractivity contribution is -0.184. The van der Waals surface area contributed by atoms with E-state index in [-0.39, 0.29) is 24.8 Å². The standard InChI is InChI=1S/C15H19ClF3N/c1-9-2-3-11(8-13(9)16)14(20)10-4-6-12(7-5-10)15(17,18)19/h2-3,8,10,12,14H,4-7,20H2,1H3. The van der Waals surface area contributed by atoms with Gasteiger partial charge >= 0.3 is 6.18 Å². The van der Waals surface area contributed by atoms with Crippen LogP contribution >= 0.6 is 11.6 Å². The maximum absolute atomic E-state index is 12.6. The fourth-order valence-corrected chi connectivity index (χ4v) is 3.08. The highest BCUT2D eigenvalue weighted by Crippen LogP contribution is 2.42. The monoisotopic (exact) mass is 305 g/mol. The van der Waals surface area contributed by atoms with Crippen LogP contribution in [0, 0.1) is 18.8 Å². The summed E-state index contributed by atoms with van der Waals surface area (Å²) in [5, 5.41) is 0.655. The van der Waals surface area contributed by atoms with Crippen molar-refractivity contribution in [3.8, 4) is 0 Å². The van der Waals surface area contributed by atoms with E-state index in [2.05, 4.69) is 0 Å². The van der Waals surface area contributed by atoms with Crippen LogP contribution in [0.4, 0.5) is 13.2 Å². The van der Waals surface area contributed by atoms with Crippen molar-refractivity contribution < 1.29 is 13.2 Å². The number of alkyl halides is 3. The zero-order chi connectivity index (χ0) is 14.9. The Labute approximate surface area is 122 Å². The number of aryl methyl sites for hydroxylation is 1. The average Bonchev–Trinajstić information content (AvgIpc) is 2.40. The van der Waals surface area contributed by atoms with Gasteiger partial charge in [0.1, 0.15) is 0 Å². The molecule has 1 aromatic carbocycles. The third-order valence-electron chi connectivity index (χ3n) is 4.32. The Bertz CT molecular complexity index is 465. The minimum Gasteiger partial charge on any atom is -0.324 e. The summed E-state index contributed by atoms with van der Waals surface area (Å²) in [6, 6.07) is 5.42. The van der Waals surface area contributed by atoms with Crippen molar-refractivity contribution in [2.24, 2.45) is 17.6 Å². The molecule has 0 amide bonds. The lowest BCUT2D eigenvalue weighted by Gasteiger charge is -2.33. The molecule has 0 radical (unpaired) electrons. The van der Waals surface area contributed by atoms with Crippen LogP contribution < -0.4 is 5.73 Å². The molecule has 0 aliphatic heterocycles. The summed E-state index contributed by atoms with van der Waals surface area (Å²) < 4.78 is 37.9. The normalized spacial score (nSPS) is 25.5. The molecule has 1 atom stereocenters. The fourth-order valence-electron chi connectivity index (χ4n) is 2.89. The lowest BCUT2D eigenvalue weighted by Crippen LogP contribution is -2.31. The highest BCUT2D eigenvalue weighted by atomic mass is 35.5. The Morgan fingerprint density at radius 1 is 1.20 bits per heavy atom. The van der Waals surface area contributed by atoms with E-state index in [1.165, 1.54) is 0 Å². The van der Waals surface area contributed by atoms with E-state index >= 15 is 0 Å². The molecule has 1 unspecified atom stereocenters. The number of rotatable bonds is 2. The van der Waals surface area contributed by atoms with E-state index in [4.69, 9.17) is 17.3 Å². The molecule has 0 spiro atoms. The van der Waals surface area contributed by atoms with E-state index in [9.17, 15) is 13.2 Å². The number of nitrogens with two attached hydrogens (primary N) is 1. The van der Waals surface area contributed by atoms with Gasteiger partial charge in [0.25, 0.3) is 0 Å². The van der Waals surface area contributed by atoms with Crippen LogP contribution in [0.25, 0.3) is 0 Å². The van der Waals surface area contributed by atoms with E-state index in [1.54, 1.807) is 0 Å².